The first kappa shape index (κ1) is 10.9. The van der Waals surface area contributed by atoms with Crippen molar-refractivity contribution in [1.82, 2.24) is 9.59 Å². The predicted molar refractivity (Wildman–Crippen MR) is 63.2 cm³/mol. The van der Waals surface area contributed by atoms with Crippen molar-refractivity contribution in [2.75, 3.05) is 0 Å². The van der Waals surface area contributed by atoms with Crippen LogP contribution in [0.5, 0.6) is 0 Å². The zero-order valence-electron chi connectivity index (χ0n) is 8.04. The van der Waals surface area contributed by atoms with E-state index in [1.807, 2.05) is 12.1 Å². The molecule has 0 bridgehead atoms. The number of hydrogen-bond donors (Lipinski definition) is 0. The van der Waals surface area contributed by atoms with Gasteiger partial charge in [0.1, 0.15) is 5.69 Å². The first-order valence-corrected chi connectivity index (χ1v) is 5.54. The molecule has 0 spiro atoms. The van der Waals surface area contributed by atoms with E-state index in [1.165, 1.54) is 11.5 Å². The minimum Gasteiger partial charge on any atom is -0.138 e. The highest BCUT2D eigenvalue weighted by Gasteiger charge is 2.09. The second kappa shape index (κ2) is 4.94. The topological polar surface area (TPSA) is 74.5 Å². The minimum atomic E-state index is 0.270. The summed E-state index contributed by atoms with van der Waals surface area (Å²) >= 11 is 7.03. The van der Waals surface area contributed by atoms with Gasteiger partial charge in [-0.1, -0.05) is 33.3 Å². The van der Waals surface area contributed by atoms with Crippen molar-refractivity contribution < 1.29 is 0 Å². The SMILES string of the molecule is [N-]=[N+]=NCc1snnc1-c1ccc(Cl)cc1. The van der Waals surface area contributed by atoms with Crippen molar-refractivity contribution in [3.05, 3.63) is 44.6 Å². The zero-order chi connectivity index (χ0) is 11.4. The molecule has 0 atom stereocenters. The lowest BCUT2D eigenvalue weighted by Crippen LogP contribution is -1.83. The molecule has 1 aromatic heterocycles. The van der Waals surface area contributed by atoms with E-state index < -0.39 is 0 Å². The fraction of sp³-hybridized carbons (Fsp3) is 0.111. The van der Waals surface area contributed by atoms with E-state index in [-0.39, 0.29) is 6.54 Å². The van der Waals surface area contributed by atoms with Crippen molar-refractivity contribution in [1.29, 1.82) is 0 Å². The highest BCUT2D eigenvalue weighted by molar-refractivity contribution is 7.05. The van der Waals surface area contributed by atoms with Crippen molar-refractivity contribution in [3.63, 3.8) is 0 Å². The van der Waals surface area contributed by atoms with E-state index in [0.717, 1.165) is 16.1 Å². The highest BCUT2D eigenvalue weighted by atomic mass is 35.5. The van der Waals surface area contributed by atoms with Crippen LogP contribution in [0, 0.1) is 0 Å². The predicted octanol–water partition coefficient (Wildman–Crippen LogP) is 3.67. The fourth-order valence-electron chi connectivity index (χ4n) is 1.24. The van der Waals surface area contributed by atoms with Gasteiger partial charge in [-0.05, 0) is 29.2 Å². The third kappa shape index (κ3) is 2.30. The molecule has 0 aliphatic rings. The molecule has 0 aliphatic carbocycles. The number of azide groups is 1. The van der Waals surface area contributed by atoms with Gasteiger partial charge in [0.2, 0.25) is 0 Å². The van der Waals surface area contributed by atoms with Crippen LogP contribution in [0.2, 0.25) is 5.02 Å². The van der Waals surface area contributed by atoms with Crippen LogP contribution in [0.15, 0.2) is 29.4 Å². The fourth-order valence-corrected chi connectivity index (χ4v) is 1.94. The molecule has 16 heavy (non-hydrogen) atoms. The number of aromatic nitrogens is 2. The maximum Gasteiger partial charge on any atom is 0.109 e. The average Bonchev–Trinajstić information content (AvgIpc) is 2.75. The molecule has 0 saturated carbocycles. The second-order valence-corrected chi connectivity index (χ2v) is 4.22. The molecule has 2 rings (SSSR count). The van der Waals surface area contributed by atoms with Gasteiger partial charge in [0.25, 0.3) is 0 Å². The van der Waals surface area contributed by atoms with Crippen molar-refractivity contribution in [2.45, 2.75) is 6.54 Å². The lowest BCUT2D eigenvalue weighted by molar-refractivity contribution is 1.06. The Morgan fingerprint density at radius 3 is 2.81 bits per heavy atom. The van der Waals surface area contributed by atoms with Gasteiger partial charge in [0, 0.05) is 15.5 Å². The van der Waals surface area contributed by atoms with E-state index >= 15 is 0 Å². The van der Waals surface area contributed by atoms with Crippen LogP contribution in [0.4, 0.5) is 0 Å². The molecule has 0 radical (unpaired) electrons. The molecule has 7 heteroatoms. The van der Waals surface area contributed by atoms with Crippen LogP contribution < -0.4 is 0 Å². The van der Waals surface area contributed by atoms with Gasteiger partial charge in [-0.25, -0.2) is 0 Å². The lowest BCUT2D eigenvalue weighted by atomic mass is 10.1. The number of benzene rings is 1. The number of rotatable bonds is 3. The average molecular weight is 252 g/mol. The molecule has 2 aromatic rings. The van der Waals surface area contributed by atoms with Gasteiger partial charge < -0.3 is 0 Å². The molecule has 5 nitrogen and oxygen atoms in total. The molecule has 80 valence electrons. The summed E-state index contributed by atoms with van der Waals surface area (Å²) in [4.78, 5) is 3.56. The van der Waals surface area contributed by atoms with Gasteiger partial charge in [-0.3, -0.25) is 0 Å². The van der Waals surface area contributed by atoms with Gasteiger partial charge >= 0.3 is 0 Å². The van der Waals surface area contributed by atoms with Crippen molar-refractivity contribution in [3.8, 4) is 11.3 Å². The number of nitrogens with zero attached hydrogens (tertiary/aromatic N) is 5. The molecule has 0 amide bonds. The molecule has 0 unspecified atom stereocenters. The Labute approximate surface area is 100 Å². The normalized spacial score (nSPS) is 9.81. The van der Waals surface area contributed by atoms with Crippen LogP contribution in [-0.4, -0.2) is 9.59 Å². The molecular formula is C9H6ClN5S. The largest absolute Gasteiger partial charge is 0.138 e. The second-order valence-electron chi connectivity index (χ2n) is 2.94. The van der Waals surface area contributed by atoms with Crippen LogP contribution >= 0.6 is 23.1 Å². The van der Waals surface area contributed by atoms with Gasteiger partial charge in [0.15, 0.2) is 0 Å². The third-order valence-electron chi connectivity index (χ3n) is 1.95. The van der Waals surface area contributed by atoms with E-state index in [9.17, 15) is 0 Å². The lowest BCUT2D eigenvalue weighted by Gasteiger charge is -1.98. The van der Waals surface area contributed by atoms with E-state index in [4.69, 9.17) is 17.1 Å². The Hall–Kier alpha value is -1.62. The van der Waals surface area contributed by atoms with Gasteiger partial charge in [0.05, 0.1) is 11.4 Å². The maximum atomic E-state index is 8.27. The Bertz CT molecular complexity index is 529. The Kier molecular flexibility index (Phi) is 3.36. The zero-order valence-corrected chi connectivity index (χ0v) is 9.61. The first-order valence-electron chi connectivity index (χ1n) is 4.39. The Morgan fingerprint density at radius 1 is 1.38 bits per heavy atom. The summed E-state index contributed by atoms with van der Waals surface area (Å²) in [5.41, 5.74) is 9.93. The molecule has 0 N–H and O–H groups in total. The number of halogens is 1. The number of hydrogen-bond acceptors (Lipinski definition) is 4. The molecule has 1 aromatic carbocycles. The monoisotopic (exact) mass is 251 g/mol. The van der Waals surface area contributed by atoms with Crippen LogP contribution in [0.1, 0.15) is 4.88 Å². The quantitative estimate of drug-likeness (QED) is 0.474. The van der Waals surface area contributed by atoms with E-state index in [0.29, 0.717) is 5.02 Å². The molecule has 1 heterocycles. The molecule has 0 aliphatic heterocycles. The van der Waals surface area contributed by atoms with E-state index in [2.05, 4.69) is 19.6 Å². The maximum absolute atomic E-state index is 8.27. The molecule has 0 saturated heterocycles. The summed E-state index contributed by atoms with van der Waals surface area (Å²) in [5, 5.41) is 8.18. The van der Waals surface area contributed by atoms with Crippen molar-refractivity contribution >= 4 is 23.1 Å². The summed E-state index contributed by atoms with van der Waals surface area (Å²) in [6.07, 6.45) is 0. The molecule has 0 fully saturated rings. The summed E-state index contributed by atoms with van der Waals surface area (Å²) in [6.45, 7) is 0.270. The highest BCUT2D eigenvalue weighted by Crippen LogP contribution is 2.25. The summed E-state index contributed by atoms with van der Waals surface area (Å²) in [5.74, 6) is 0. The summed E-state index contributed by atoms with van der Waals surface area (Å²) < 4.78 is 3.85. The minimum absolute atomic E-state index is 0.270. The smallest absolute Gasteiger partial charge is 0.109 e. The Morgan fingerprint density at radius 2 is 2.12 bits per heavy atom. The summed E-state index contributed by atoms with van der Waals surface area (Å²) in [7, 11) is 0. The Balaban J connectivity index is 2.36. The van der Waals surface area contributed by atoms with Crippen LogP contribution in [-0.2, 0) is 6.54 Å². The standard InChI is InChI=1S/C9H6ClN5S/c10-7-3-1-6(2-4-7)9-8(5-12-14-11)16-15-13-9/h1-4H,5H2. The van der Waals surface area contributed by atoms with Gasteiger partial charge in [-0.15, -0.1) is 5.10 Å². The third-order valence-corrected chi connectivity index (χ3v) is 2.91. The molecular weight excluding hydrogens is 246 g/mol. The van der Waals surface area contributed by atoms with Gasteiger partial charge in [-0.2, -0.15) is 0 Å². The van der Waals surface area contributed by atoms with Crippen molar-refractivity contribution in [2.24, 2.45) is 5.11 Å². The van der Waals surface area contributed by atoms with Crippen LogP contribution in [0.3, 0.4) is 0 Å². The summed E-state index contributed by atoms with van der Waals surface area (Å²) in [6, 6.07) is 7.29. The van der Waals surface area contributed by atoms with E-state index in [1.54, 1.807) is 12.1 Å². The first-order chi connectivity index (χ1) is 7.81. The van der Waals surface area contributed by atoms with Crippen LogP contribution in [0.25, 0.3) is 21.7 Å².